The minimum atomic E-state index is -3.83. The van der Waals surface area contributed by atoms with Crippen molar-refractivity contribution in [2.45, 2.75) is 30.7 Å². The lowest BCUT2D eigenvalue weighted by molar-refractivity contribution is 0.0975. The van der Waals surface area contributed by atoms with Crippen LogP contribution in [0.5, 0.6) is 0 Å². The van der Waals surface area contributed by atoms with Gasteiger partial charge >= 0.3 is 10.2 Å². The van der Waals surface area contributed by atoms with Crippen LogP contribution in [-0.4, -0.2) is 58.4 Å². The number of guanidine groups is 1. The number of nitrogens with one attached hydrogen (secondary N) is 2. The molecule has 1 aromatic carbocycles. The van der Waals surface area contributed by atoms with Gasteiger partial charge < -0.3 is 5.73 Å². The zero-order valence-corrected chi connectivity index (χ0v) is 16.5. The second-order valence-corrected chi connectivity index (χ2v) is 10.5. The Labute approximate surface area is 157 Å². The molecule has 2 fully saturated rings. The van der Waals surface area contributed by atoms with Crippen LogP contribution in [0.4, 0.5) is 5.69 Å². The molecule has 1 aliphatic heterocycles. The Morgan fingerprint density at radius 3 is 2.44 bits per heavy atom. The van der Waals surface area contributed by atoms with Crippen molar-refractivity contribution in [2.75, 3.05) is 23.7 Å². The molecule has 0 aromatic heterocycles. The summed E-state index contributed by atoms with van der Waals surface area (Å²) in [6, 6.07) is 2.48. The number of hydrogen-bond acceptors (Lipinski definition) is 6. The fraction of sp³-hybridized carbons (Fsp3) is 0.467. The minimum absolute atomic E-state index is 0.00465. The second kappa shape index (κ2) is 6.46. The van der Waals surface area contributed by atoms with Crippen molar-refractivity contribution in [3.8, 4) is 0 Å². The van der Waals surface area contributed by atoms with E-state index < -0.39 is 31.9 Å². The zero-order chi connectivity index (χ0) is 20.1. The highest BCUT2D eigenvalue weighted by Gasteiger charge is 2.46. The van der Waals surface area contributed by atoms with E-state index in [0.717, 1.165) is 29.5 Å². The van der Waals surface area contributed by atoms with Crippen LogP contribution in [0.2, 0.25) is 0 Å². The maximum Gasteiger partial charge on any atom is 0.304 e. The number of sulfone groups is 1. The van der Waals surface area contributed by atoms with E-state index in [4.69, 9.17) is 11.1 Å². The molecule has 27 heavy (non-hydrogen) atoms. The van der Waals surface area contributed by atoms with Gasteiger partial charge in [-0.25, -0.2) is 8.42 Å². The first-order valence-corrected chi connectivity index (χ1v) is 11.5. The van der Waals surface area contributed by atoms with E-state index in [-0.39, 0.29) is 28.7 Å². The van der Waals surface area contributed by atoms with Crippen molar-refractivity contribution in [3.05, 3.63) is 23.3 Å². The first-order valence-electron chi connectivity index (χ1n) is 8.22. The van der Waals surface area contributed by atoms with Gasteiger partial charge in [0.15, 0.2) is 15.8 Å². The Kier molecular flexibility index (Phi) is 4.68. The number of nitrogens with two attached hydrogens (primary N) is 1. The molecule has 12 heteroatoms. The predicted octanol–water partition coefficient (Wildman–Crippen LogP) is -0.449. The molecule has 3 rings (SSSR count). The van der Waals surface area contributed by atoms with Gasteiger partial charge in [-0.05, 0) is 37.5 Å². The van der Waals surface area contributed by atoms with Crippen molar-refractivity contribution in [1.82, 2.24) is 9.62 Å². The topological polar surface area (TPSA) is 154 Å². The Morgan fingerprint density at radius 1 is 1.30 bits per heavy atom. The molecule has 0 unspecified atom stereocenters. The second-order valence-electron chi connectivity index (χ2n) is 6.70. The lowest BCUT2D eigenvalue weighted by Gasteiger charge is -2.23. The van der Waals surface area contributed by atoms with Crippen molar-refractivity contribution >= 4 is 37.6 Å². The van der Waals surface area contributed by atoms with E-state index in [1.165, 1.54) is 10.4 Å². The van der Waals surface area contributed by atoms with Crippen LogP contribution in [0.15, 0.2) is 17.0 Å². The number of nitrogens with zero attached hydrogens (tertiary/aromatic N) is 2. The van der Waals surface area contributed by atoms with Crippen LogP contribution in [-0.2, 0) is 20.0 Å². The van der Waals surface area contributed by atoms with E-state index in [1.807, 2.05) is 0 Å². The van der Waals surface area contributed by atoms with Crippen molar-refractivity contribution in [2.24, 2.45) is 5.73 Å². The van der Waals surface area contributed by atoms with Gasteiger partial charge in [-0.3, -0.25) is 19.8 Å². The number of hydrogen-bond donors (Lipinski definition) is 3. The standard InChI is InChI=1S/C15H21N5O5S2/c1-9-7-12(20-6-5-19(10-3-4-10)27(20,24)25)13(26(2,22)23)8-11(9)14(21)18-15(16)17/h7-8,10H,3-6H2,1-2H3,(H4,16,17,18,21). The molecule has 0 bridgehead atoms. The third-order valence-corrected chi connectivity index (χ3v) is 7.66. The smallest absolute Gasteiger partial charge is 0.304 e. The molecule has 1 saturated carbocycles. The molecule has 10 nitrogen and oxygen atoms in total. The van der Waals surface area contributed by atoms with Crippen LogP contribution in [0, 0.1) is 12.3 Å². The summed E-state index contributed by atoms with van der Waals surface area (Å²) in [6.07, 6.45) is 2.56. The monoisotopic (exact) mass is 415 g/mol. The number of benzene rings is 1. The number of amides is 1. The maximum absolute atomic E-state index is 12.9. The Balaban J connectivity index is 2.12. The van der Waals surface area contributed by atoms with Crippen molar-refractivity contribution < 1.29 is 21.6 Å². The van der Waals surface area contributed by atoms with E-state index in [0.29, 0.717) is 12.1 Å². The molecule has 148 valence electrons. The largest absolute Gasteiger partial charge is 0.370 e. The number of aryl methyl sites for hydroxylation is 1. The Hall–Kier alpha value is -2.18. The fourth-order valence-electron chi connectivity index (χ4n) is 3.12. The Morgan fingerprint density at radius 2 is 1.93 bits per heavy atom. The molecule has 1 aliphatic carbocycles. The molecule has 2 aliphatic rings. The van der Waals surface area contributed by atoms with Crippen molar-refractivity contribution in [3.63, 3.8) is 0 Å². The van der Waals surface area contributed by atoms with E-state index in [1.54, 1.807) is 6.92 Å². The number of anilines is 1. The number of carbonyl (C=O) groups excluding carboxylic acids is 1. The van der Waals surface area contributed by atoms with Gasteiger partial charge in [0.2, 0.25) is 0 Å². The molecule has 1 saturated heterocycles. The van der Waals surface area contributed by atoms with E-state index in [9.17, 15) is 21.6 Å². The number of carbonyl (C=O) groups is 1. The predicted molar refractivity (Wildman–Crippen MR) is 99.7 cm³/mol. The molecular formula is C15H21N5O5S2. The van der Waals surface area contributed by atoms with Gasteiger partial charge in [-0.1, -0.05) is 0 Å². The van der Waals surface area contributed by atoms with Gasteiger partial charge in [0.1, 0.15) is 0 Å². The highest BCUT2D eigenvalue weighted by molar-refractivity contribution is 7.92. The summed E-state index contributed by atoms with van der Waals surface area (Å²) in [6.45, 7) is 1.99. The SMILES string of the molecule is Cc1cc(N2CCN(C3CC3)S2(=O)=O)c(S(C)(=O)=O)cc1C(=O)NC(=N)N. The quantitative estimate of drug-likeness (QED) is 0.447. The van der Waals surface area contributed by atoms with E-state index in [2.05, 4.69) is 5.32 Å². The van der Waals surface area contributed by atoms with Crippen LogP contribution in [0.25, 0.3) is 0 Å². The fourth-order valence-corrected chi connectivity index (χ4v) is 5.93. The molecule has 1 aromatic rings. The van der Waals surface area contributed by atoms with Gasteiger partial charge in [0.25, 0.3) is 5.91 Å². The van der Waals surface area contributed by atoms with Gasteiger partial charge in [0.05, 0.1) is 10.6 Å². The lowest BCUT2D eigenvalue weighted by Crippen LogP contribution is -2.37. The van der Waals surface area contributed by atoms with Gasteiger partial charge in [-0.2, -0.15) is 12.7 Å². The third kappa shape index (κ3) is 3.64. The molecular weight excluding hydrogens is 394 g/mol. The first-order chi connectivity index (χ1) is 12.4. The lowest BCUT2D eigenvalue weighted by atomic mass is 10.1. The van der Waals surface area contributed by atoms with E-state index >= 15 is 0 Å². The number of rotatable bonds is 4. The van der Waals surface area contributed by atoms with Gasteiger partial charge in [0, 0.05) is 31.0 Å². The molecule has 1 amide bonds. The van der Waals surface area contributed by atoms with Crippen LogP contribution >= 0.6 is 0 Å². The summed E-state index contributed by atoms with van der Waals surface area (Å²) < 4.78 is 52.9. The summed E-state index contributed by atoms with van der Waals surface area (Å²) in [5.41, 5.74) is 5.56. The Bertz CT molecular complexity index is 1030. The highest BCUT2D eigenvalue weighted by Crippen LogP contribution is 2.38. The molecule has 1 heterocycles. The normalized spacial score (nSPS) is 19.9. The summed E-state index contributed by atoms with van der Waals surface area (Å²) in [5.74, 6) is -1.31. The first kappa shape index (κ1) is 19.6. The van der Waals surface area contributed by atoms with Crippen LogP contribution in [0.3, 0.4) is 0 Å². The van der Waals surface area contributed by atoms with Crippen LogP contribution < -0.4 is 15.4 Å². The highest BCUT2D eigenvalue weighted by atomic mass is 32.2. The minimum Gasteiger partial charge on any atom is -0.370 e. The summed E-state index contributed by atoms with van der Waals surface area (Å²) in [4.78, 5) is 11.9. The summed E-state index contributed by atoms with van der Waals surface area (Å²) >= 11 is 0. The molecule has 4 N–H and O–H groups in total. The zero-order valence-electron chi connectivity index (χ0n) is 14.9. The molecule has 0 spiro atoms. The van der Waals surface area contributed by atoms with Crippen molar-refractivity contribution in [1.29, 1.82) is 5.41 Å². The average molecular weight is 415 g/mol. The molecule has 0 atom stereocenters. The van der Waals surface area contributed by atoms with Gasteiger partial charge in [-0.15, -0.1) is 0 Å². The summed E-state index contributed by atoms with van der Waals surface area (Å²) in [7, 11) is -7.66. The molecule has 0 radical (unpaired) electrons. The summed E-state index contributed by atoms with van der Waals surface area (Å²) in [5, 5.41) is 9.26. The average Bonchev–Trinajstić information content (AvgIpc) is 3.28. The maximum atomic E-state index is 12.9. The third-order valence-electron chi connectivity index (χ3n) is 4.52. The van der Waals surface area contributed by atoms with Crippen LogP contribution in [0.1, 0.15) is 28.8 Å².